The monoisotopic (exact) mass is 461 g/mol. The van der Waals surface area contributed by atoms with Gasteiger partial charge in [0.05, 0.1) is 23.3 Å². The second-order valence-corrected chi connectivity index (χ2v) is 9.27. The summed E-state index contributed by atoms with van der Waals surface area (Å²) >= 11 is 0. The number of amides is 2. The van der Waals surface area contributed by atoms with Crippen LogP contribution in [0.25, 0.3) is 11.0 Å². The smallest absolute Gasteiger partial charge is 0.253 e. The standard InChI is InChI=1S/C26H31N5O3/c1-4-34-20-9-7-18(8-10-20)26(33)31-13-11-19(12-14-31)27-25(32)21-15-22(17-5-6-17)28-24-23(21)16(2)29-30(24)3/h7-10,15,17,19H,4-6,11-14H2,1-3H3,(H,27,32). The van der Waals surface area contributed by atoms with Gasteiger partial charge in [-0.2, -0.15) is 5.10 Å². The fraction of sp³-hybridized carbons (Fsp3) is 0.462. The third-order valence-corrected chi connectivity index (χ3v) is 6.76. The van der Waals surface area contributed by atoms with Crippen LogP contribution in [0.5, 0.6) is 5.75 Å². The van der Waals surface area contributed by atoms with Gasteiger partial charge in [0.15, 0.2) is 5.65 Å². The molecule has 8 heteroatoms. The van der Waals surface area contributed by atoms with E-state index in [9.17, 15) is 9.59 Å². The number of likely N-dealkylation sites (tertiary alicyclic amines) is 1. The van der Waals surface area contributed by atoms with Crippen molar-refractivity contribution < 1.29 is 14.3 Å². The van der Waals surface area contributed by atoms with E-state index in [2.05, 4.69) is 10.4 Å². The number of carbonyl (C=O) groups excluding carboxylic acids is 2. The number of hydrogen-bond donors (Lipinski definition) is 1. The Bertz CT molecular complexity index is 1220. The van der Waals surface area contributed by atoms with Crippen LogP contribution < -0.4 is 10.1 Å². The largest absolute Gasteiger partial charge is 0.494 e. The van der Waals surface area contributed by atoms with E-state index in [1.165, 1.54) is 0 Å². The molecular formula is C26H31N5O3. The zero-order valence-electron chi connectivity index (χ0n) is 20.0. The summed E-state index contributed by atoms with van der Waals surface area (Å²) in [5, 5.41) is 8.54. The highest BCUT2D eigenvalue weighted by atomic mass is 16.5. The van der Waals surface area contributed by atoms with Crippen molar-refractivity contribution in [2.24, 2.45) is 7.05 Å². The summed E-state index contributed by atoms with van der Waals surface area (Å²) in [5.74, 6) is 1.15. The van der Waals surface area contributed by atoms with Gasteiger partial charge in [0.1, 0.15) is 5.75 Å². The topological polar surface area (TPSA) is 89.3 Å². The maximum Gasteiger partial charge on any atom is 0.253 e. The molecule has 2 fully saturated rings. The van der Waals surface area contributed by atoms with Crippen LogP contribution >= 0.6 is 0 Å². The average Bonchev–Trinajstić information content (AvgIpc) is 3.65. The van der Waals surface area contributed by atoms with E-state index in [1.54, 1.807) is 4.68 Å². The van der Waals surface area contributed by atoms with E-state index in [0.717, 1.165) is 53.9 Å². The molecule has 1 N–H and O–H groups in total. The first-order chi connectivity index (χ1) is 16.4. The summed E-state index contributed by atoms with van der Waals surface area (Å²) in [5.41, 5.74) is 3.88. The SMILES string of the molecule is CCOc1ccc(C(=O)N2CCC(NC(=O)c3cc(C4CC4)nc4c3c(C)nn4C)CC2)cc1. The molecule has 2 aliphatic rings. The lowest BCUT2D eigenvalue weighted by molar-refractivity contribution is 0.0698. The van der Waals surface area contributed by atoms with Crippen molar-refractivity contribution >= 4 is 22.8 Å². The lowest BCUT2D eigenvalue weighted by Gasteiger charge is -2.32. The van der Waals surface area contributed by atoms with E-state index in [-0.39, 0.29) is 17.9 Å². The lowest BCUT2D eigenvalue weighted by atomic mass is 10.0. The van der Waals surface area contributed by atoms with Gasteiger partial charge in [-0.3, -0.25) is 14.3 Å². The number of benzene rings is 1. The Labute approximate surface area is 199 Å². The number of rotatable bonds is 6. The van der Waals surface area contributed by atoms with Crippen LogP contribution in [0, 0.1) is 6.92 Å². The molecule has 0 unspecified atom stereocenters. The highest BCUT2D eigenvalue weighted by Gasteiger charge is 2.30. The van der Waals surface area contributed by atoms with Crippen LogP contribution in [0.2, 0.25) is 0 Å². The van der Waals surface area contributed by atoms with Gasteiger partial charge in [0.2, 0.25) is 0 Å². The first-order valence-electron chi connectivity index (χ1n) is 12.1. The molecule has 2 amide bonds. The Balaban J connectivity index is 1.25. The van der Waals surface area contributed by atoms with Crippen LogP contribution in [0.3, 0.4) is 0 Å². The summed E-state index contributed by atoms with van der Waals surface area (Å²) in [7, 11) is 1.87. The minimum Gasteiger partial charge on any atom is -0.494 e. The number of piperidine rings is 1. The molecule has 5 rings (SSSR count). The zero-order valence-corrected chi connectivity index (χ0v) is 20.0. The van der Waals surface area contributed by atoms with Gasteiger partial charge in [-0.05, 0) is 69.9 Å². The lowest BCUT2D eigenvalue weighted by Crippen LogP contribution is -2.46. The van der Waals surface area contributed by atoms with Gasteiger partial charge in [-0.15, -0.1) is 0 Å². The molecule has 1 saturated heterocycles. The molecule has 34 heavy (non-hydrogen) atoms. The predicted molar refractivity (Wildman–Crippen MR) is 129 cm³/mol. The summed E-state index contributed by atoms with van der Waals surface area (Å²) in [4.78, 5) is 32.9. The third-order valence-electron chi connectivity index (χ3n) is 6.76. The normalized spacial score (nSPS) is 16.6. The van der Waals surface area contributed by atoms with Crippen LogP contribution in [0.4, 0.5) is 0 Å². The highest BCUT2D eigenvalue weighted by molar-refractivity contribution is 6.06. The molecule has 1 aliphatic heterocycles. The summed E-state index contributed by atoms with van der Waals surface area (Å²) in [6, 6.07) is 9.26. The minimum absolute atomic E-state index is 0.0173. The number of hydrogen-bond acceptors (Lipinski definition) is 5. The van der Waals surface area contributed by atoms with Crippen molar-refractivity contribution in [3.63, 3.8) is 0 Å². The Morgan fingerprint density at radius 2 is 1.82 bits per heavy atom. The molecule has 0 bridgehead atoms. The minimum atomic E-state index is -0.0818. The molecule has 0 radical (unpaired) electrons. The maximum atomic E-state index is 13.3. The van der Waals surface area contributed by atoms with Gasteiger partial charge in [-0.1, -0.05) is 0 Å². The van der Waals surface area contributed by atoms with Crippen LogP contribution in [-0.2, 0) is 7.05 Å². The molecule has 2 aromatic heterocycles. The molecule has 0 spiro atoms. The van der Waals surface area contributed by atoms with E-state index >= 15 is 0 Å². The molecule has 178 valence electrons. The van der Waals surface area contributed by atoms with E-state index in [1.807, 2.05) is 56.1 Å². The van der Waals surface area contributed by atoms with Gasteiger partial charge >= 0.3 is 0 Å². The van der Waals surface area contributed by atoms with Gasteiger partial charge in [0, 0.05) is 43.4 Å². The number of aryl methyl sites for hydroxylation is 2. The Kier molecular flexibility index (Phi) is 5.98. The number of carbonyl (C=O) groups is 2. The predicted octanol–water partition coefficient (Wildman–Crippen LogP) is 3.59. The quantitative estimate of drug-likeness (QED) is 0.606. The fourth-order valence-electron chi connectivity index (χ4n) is 4.76. The number of pyridine rings is 1. The number of aromatic nitrogens is 3. The first-order valence-corrected chi connectivity index (χ1v) is 12.1. The van der Waals surface area contributed by atoms with Crippen molar-refractivity contribution in [3.05, 3.63) is 52.8 Å². The van der Waals surface area contributed by atoms with E-state index in [0.29, 0.717) is 36.7 Å². The summed E-state index contributed by atoms with van der Waals surface area (Å²) in [6.45, 7) is 5.68. The number of ether oxygens (including phenoxy) is 1. The number of fused-ring (bicyclic) bond motifs is 1. The first kappa shape index (κ1) is 22.4. The number of nitrogens with one attached hydrogen (secondary N) is 1. The molecular weight excluding hydrogens is 430 g/mol. The zero-order chi connectivity index (χ0) is 23.8. The van der Waals surface area contributed by atoms with E-state index in [4.69, 9.17) is 9.72 Å². The second-order valence-electron chi connectivity index (χ2n) is 9.27. The van der Waals surface area contributed by atoms with Crippen molar-refractivity contribution in [1.29, 1.82) is 0 Å². The van der Waals surface area contributed by atoms with Crippen molar-refractivity contribution in [3.8, 4) is 5.75 Å². The van der Waals surface area contributed by atoms with Crippen molar-refractivity contribution in [2.75, 3.05) is 19.7 Å². The van der Waals surface area contributed by atoms with Gasteiger partial charge in [0.25, 0.3) is 11.8 Å². The molecule has 1 saturated carbocycles. The van der Waals surface area contributed by atoms with Gasteiger partial charge < -0.3 is 15.0 Å². The molecule has 1 aliphatic carbocycles. The Hall–Kier alpha value is -3.42. The maximum absolute atomic E-state index is 13.3. The van der Waals surface area contributed by atoms with Crippen LogP contribution in [0.1, 0.15) is 70.6 Å². The Morgan fingerprint density at radius 1 is 1.12 bits per heavy atom. The molecule has 3 heterocycles. The fourth-order valence-corrected chi connectivity index (χ4v) is 4.76. The van der Waals surface area contributed by atoms with Crippen LogP contribution in [0.15, 0.2) is 30.3 Å². The molecule has 0 atom stereocenters. The molecule has 1 aromatic carbocycles. The van der Waals surface area contributed by atoms with Gasteiger partial charge in [-0.25, -0.2) is 4.98 Å². The van der Waals surface area contributed by atoms with Crippen molar-refractivity contribution in [1.82, 2.24) is 25.0 Å². The van der Waals surface area contributed by atoms with E-state index < -0.39 is 0 Å². The Morgan fingerprint density at radius 3 is 2.47 bits per heavy atom. The third kappa shape index (κ3) is 4.36. The van der Waals surface area contributed by atoms with Crippen molar-refractivity contribution in [2.45, 2.75) is 51.5 Å². The molecule has 8 nitrogen and oxygen atoms in total. The highest BCUT2D eigenvalue weighted by Crippen LogP contribution is 2.40. The number of nitrogens with zero attached hydrogens (tertiary/aromatic N) is 4. The summed E-state index contributed by atoms with van der Waals surface area (Å²) < 4.78 is 7.22. The molecule has 3 aromatic rings. The van der Waals surface area contributed by atoms with Crippen LogP contribution in [-0.4, -0.2) is 57.2 Å². The average molecular weight is 462 g/mol. The second kappa shape index (κ2) is 9.08. The summed E-state index contributed by atoms with van der Waals surface area (Å²) in [6.07, 6.45) is 3.70.